The second-order valence-electron chi connectivity index (χ2n) is 5.41. The molecule has 2 aromatic rings. The first-order valence-corrected chi connectivity index (χ1v) is 7.66. The van der Waals surface area contributed by atoms with E-state index in [1.807, 2.05) is 32.5 Å². The van der Waals surface area contributed by atoms with Gasteiger partial charge in [0.2, 0.25) is 0 Å². The third-order valence-corrected chi connectivity index (χ3v) is 4.09. The van der Waals surface area contributed by atoms with Crippen molar-refractivity contribution < 1.29 is 0 Å². The van der Waals surface area contributed by atoms with Crippen molar-refractivity contribution in [3.05, 3.63) is 27.3 Å². The molecule has 0 saturated carbocycles. The minimum Gasteiger partial charge on any atom is -0.354 e. The lowest BCUT2D eigenvalue weighted by molar-refractivity contribution is 0.712. The molecule has 0 aliphatic rings. The van der Waals surface area contributed by atoms with E-state index in [1.54, 1.807) is 11.3 Å². The summed E-state index contributed by atoms with van der Waals surface area (Å²) in [5.41, 5.74) is 9.35. The van der Waals surface area contributed by atoms with Gasteiger partial charge in [-0.2, -0.15) is 5.10 Å². The number of hydrogen-bond acceptors (Lipinski definition) is 5. The zero-order chi connectivity index (χ0) is 14.9. The quantitative estimate of drug-likeness (QED) is 0.916. The monoisotopic (exact) mass is 293 g/mol. The number of aromatic nitrogens is 3. The van der Waals surface area contributed by atoms with Crippen LogP contribution in [0.1, 0.15) is 28.9 Å². The molecule has 0 aliphatic carbocycles. The summed E-state index contributed by atoms with van der Waals surface area (Å²) in [4.78, 5) is 6.73. The van der Waals surface area contributed by atoms with Crippen molar-refractivity contribution in [1.29, 1.82) is 0 Å². The van der Waals surface area contributed by atoms with E-state index < -0.39 is 0 Å². The molecule has 2 heterocycles. The molecule has 6 heteroatoms. The average Bonchev–Trinajstić information content (AvgIpc) is 2.83. The largest absolute Gasteiger partial charge is 0.354 e. The molecule has 2 N–H and O–H groups in total. The van der Waals surface area contributed by atoms with Gasteiger partial charge in [-0.15, -0.1) is 11.3 Å². The number of hydrogen-bond donors (Lipinski definition) is 1. The fraction of sp³-hybridized carbons (Fsp3) is 0.571. The molecule has 0 radical (unpaired) electrons. The Morgan fingerprint density at radius 2 is 2.15 bits per heavy atom. The second kappa shape index (κ2) is 5.93. The number of thiazole rings is 1. The van der Waals surface area contributed by atoms with Gasteiger partial charge in [-0.3, -0.25) is 4.68 Å². The van der Waals surface area contributed by atoms with Crippen LogP contribution in [0, 0.1) is 13.8 Å². The standard InChI is InChI=1S/C14H23N5S/c1-9(15)6-13-10(2)17-19(5)14(13)18(4)7-12-8-20-11(3)16-12/h8-9H,6-7,15H2,1-5H3. The van der Waals surface area contributed by atoms with Crippen LogP contribution in [0.15, 0.2) is 5.38 Å². The van der Waals surface area contributed by atoms with Crippen molar-refractivity contribution in [2.45, 2.75) is 39.8 Å². The lowest BCUT2D eigenvalue weighted by atomic mass is 10.1. The van der Waals surface area contributed by atoms with Crippen molar-refractivity contribution in [3.63, 3.8) is 0 Å². The fourth-order valence-electron chi connectivity index (χ4n) is 2.53. The van der Waals surface area contributed by atoms with E-state index in [-0.39, 0.29) is 6.04 Å². The molecule has 1 unspecified atom stereocenters. The van der Waals surface area contributed by atoms with Gasteiger partial charge >= 0.3 is 0 Å². The van der Waals surface area contributed by atoms with Crippen molar-refractivity contribution in [2.75, 3.05) is 11.9 Å². The van der Waals surface area contributed by atoms with Gasteiger partial charge in [0.25, 0.3) is 0 Å². The zero-order valence-corrected chi connectivity index (χ0v) is 13.7. The van der Waals surface area contributed by atoms with Crippen molar-refractivity contribution in [1.82, 2.24) is 14.8 Å². The Bertz CT molecular complexity index is 584. The molecule has 0 bridgehead atoms. The number of aryl methyl sites for hydroxylation is 3. The summed E-state index contributed by atoms with van der Waals surface area (Å²) in [6.45, 7) is 6.89. The van der Waals surface area contributed by atoms with Crippen LogP contribution in [0.5, 0.6) is 0 Å². The molecule has 0 saturated heterocycles. The van der Waals surface area contributed by atoms with Crippen LogP contribution in [0.2, 0.25) is 0 Å². The molecule has 0 fully saturated rings. The van der Waals surface area contributed by atoms with Gasteiger partial charge < -0.3 is 10.6 Å². The van der Waals surface area contributed by atoms with E-state index in [0.29, 0.717) is 0 Å². The van der Waals surface area contributed by atoms with E-state index in [1.165, 1.54) is 5.56 Å². The van der Waals surface area contributed by atoms with Crippen LogP contribution in [-0.2, 0) is 20.0 Å². The van der Waals surface area contributed by atoms with Crippen molar-refractivity contribution in [3.8, 4) is 0 Å². The van der Waals surface area contributed by atoms with Gasteiger partial charge in [-0.25, -0.2) is 4.98 Å². The highest BCUT2D eigenvalue weighted by molar-refractivity contribution is 7.09. The Morgan fingerprint density at radius 3 is 2.70 bits per heavy atom. The van der Waals surface area contributed by atoms with E-state index in [9.17, 15) is 0 Å². The van der Waals surface area contributed by atoms with Crippen LogP contribution in [0.25, 0.3) is 0 Å². The first kappa shape index (κ1) is 15.0. The predicted molar refractivity (Wildman–Crippen MR) is 84.3 cm³/mol. The first-order valence-electron chi connectivity index (χ1n) is 6.78. The van der Waals surface area contributed by atoms with Gasteiger partial charge in [0.15, 0.2) is 0 Å². The van der Waals surface area contributed by atoms with Crippen LogP contribution >= 0.6 is 11.3 Å². The fourth-order valence-corrected chi connectivity index (χ4v) is 3.13. The molecule has 2 aromatic heterocycles. The molecule has 110 valence electrons. The molecule has 0 amide bonds. The summed E-state index contributed by atoms with van der Waals surface area (Å²) < 4.78 is 1.94. The third-order valence-electron chi connectivity index (χ3n) is 3.27. The maximum atomic E-state index is 5.96. The summed E-state index contributed by atoms with van der Waals surface area (Å²) in [5, 5.41) is 7.75. The summed E-state index contributed by atoms with van der Waals surface area (Å²) in [7, 11) is 4.06. The van der Waals surface area contributed by atoms with Crippen molar-refractivity contribution >= 4 is 17.2 Å². The van der Waals surface area contributed by atoms with Crippen LogP contribution < -0.4 is 10.6 Å². The molecular formula is C14H23N5S. The SMILES string of the molecule is Cc1nc(CN(C)c2c(CC(C)N)c(C)nn2C)cs1. The molecule has 0 aliphatic heterocycles. The van der Waals surface area contributed by atoms with Crippen molar-refractivity contribution in [2.24, 2.45) is 12.8 Å². The first-order chi connectivity index (χ1) is 9.38. The third kappa shape index (κ3) is 3.19. The Balaban J connectivity index is 2.26. The lowest BCUT2D eigenvalue weighted by Crippen LogP contribution is -2.24. The average molecular weight is 293 g/mol. The van der Waals surface area contributed by atoms with Gasteiger partial charge in [-0.1, -0.05) is 0 Å². The Morgan fingerprint density at radius 1 is 1.45 bits per heavy atom. The van der Waals surface area contributed by atoms with Gasteiger partial charge in [0.1, 0.15) is 5.82 Å². The smallest absolute Gasteiger partial charge is 0.130 e. The topological polar surface area (TPSA) is 60.0 Å². The normalized spacial score (nSPS) is 12.7. The summed E-state index contributed by atoms with van der Waals surface area (Å²) in [6.07, 6.45) is 0.843. The number of rotatable bonds is 5. The predicted octanol–water partition coefficient (Wildman–Crippen LogP) is 2.02. The highest BCUT2D eigenvalue weighted by atomic mass is 32.1. The van der Waals surface area contributed by atoms with Gasteiger partial charge in [0, 0.05) is 31.1 Å². The van der Waals surface area contributed by atoms with Gasteiger partial charge in [0.05, 0.1) is 22.9 Å². The van der Waals surface area contributed by atoms with Crippen LogP contribution in [-0.4, -0.2) is 27.9 Å². The molecule has 5 nitrogen and oxygen atoms in total. The zero-order valence-electron chi connectivity index (χ0n) is 12.8. The molecule has 0 spiro atoms. The van der Waals surface area contributed by atoms with E-state index in [4.69, 9.17) is 5.73 Å². The van der Waals surface area contributed by atoms with Gasteiger partial charge in [-0.05, 0) is 27.2 Å². The molecule has 20 heavy (non-hydrogen) atoms. The summed E-state index contributed by atoms with van der Waals surface area (Å²) in [5.74, 6) is 1.13. The van der Waals surface area contributed by atoms with E-state index >= 15 is 0 Å². The number of nitrogens with two attached hydrogens (primary N) is 1. The summed E-state index contributed by atoms with van der Waals surface area (Å²) >= 11 is 1.69. The highest BCUT2D eigenvalue weighted by Crippen LogP contribution is 2.25. The minimum atomic E-state index is 0.131. The Hall–Kier alpha value is -1.40. The minimum absolute atomic E-state index is 0.131. The molecule has 0 aromatic carbocycles. The summed E-state index contributed by atoms with van der Waals surface area (Å²) in [6, 6.07) is 0.131. The van der Waals surface area contributed by atoms with Crippen LogP contribution in [0.3, 0.4) is 0 Å². The molecule has 2 rings (SSSR count). The Kier molecular flexibility index (Phi) is 4.45. The Labute approximate surface area is 124 Å². The maximum absolute atomic E-state index is 5.96. The van der Waals surface area contributed by atoms with Crippen LogP contribution in [0.4, 0.5) is 5.82 Å². The van der Waals surface area contributed by atoms with E-state index in [0.717, 1.165) is 35.2 Å². The van der Waals surface area contributed by atoms with E-state index in [2.05, 4.69) is 27.4 Å². The highest BCUT2D eigenvalue weighted by Gasteiger charge is 2.18. The lowest BCUT2D eigenvalue weighted by Gasteiger charge is -2.20. The second-order valence-corrected chi connectivity index (χ2v) is 6.47. The number of anilines is 1. The maximum Gasteiger partial charge on any atom is 0.130 e. The number of nitrogens with zero attached hydrogens (tertiary/aromatic N) is 4. The molecule has 1 atom stereocenters. The molecular weight excluding hydrogens is 270 g/mol.